The summed E-state index contributed by atoms with van der Waals surface area (Å²) in [6, 6.07) is 12.0. The number of rotatable bonds is 6. The van der Waals surface area contributed by atoms with Gasteiger partial charge in [0.25, 0.3) is 6.43 Å². The predicted molar refractivity (Wildman–Crippen MR) is 130 cm³/mol. The zero-order valence-corrected chi connectivity index (χ0v) is 20.4. The smallest absolute Gasteiger partial charge is 0.255 e. The molecule has 0 spiro atoms. The summed E-state index contributed by atoms with van der Waals surface area (Å²) in [6.07, 6.45) is 2.35. The number of sulfonamides is 1. The highest BCUT2D eigenvalue weighted by molar-refractivity contribution is 7.89. The summed E-state index contributed by atoms with van der Waals surface area (Å²) < 4.78 is 72.6. The Morgan fingerprint density at radius 3 is 2.28 bits per heavy atom. The monoisotopic (exact) mass is 519 g/mol. The molecule has 0 N–H and O–H groups in total. The Balaban J connectivity index is 1.34. The van der Waals surface area contributed by atoms with E-state index in [1.165, 1.54) is 12.1 Å². The van der Waals surface area contributed by atoms with Crippen LogP contribution in [0.15, 0.2) is 61.2 Å². The lowest BCUT2D eigenvalue weighted by molar-refractivity contribution is 0.0473. The minimum absolute atomic E-state index is 0.0114. The lowest BCUT2D eigenvalue weighted by atomic mass is 10.0. The molecule has 7 nitrogen and oxygen atoms in total. The molecule has 2 atom stereocenters. The molecule has 36 heavy (non-hydrogen) atoms. The van der Waals surface area contributed by atoms with Crippen LogP contribution < -0.4 is 4.90 Å². The van der Waals surface area contributed by atoms with E-state index in [0.29, 0.717) is 24.3 Å². The summed E-state index contributed by atoms with van der Waals surface area (Å²) in [4.78, 5) is 2.07. The molecule has 3 aromatic rings. The van der Waals surface area contributed by atoms with Gasteiger partial charge in [0.05, 0.1) is 6.04 Å². The van der Waals surface area contributed by atoms with E-state index in [9.17, 15) is 17.2 Å². The zero-order chi connectivity index (χ0) is 25.3. The summed E-state index contributed by atoms with van der Waals surface area (Å²) in [5.74, 6) is -0.599. The van der Waals surface area contributed by atoms with Crippen LogP contribution in [0.4, 0.5) is 18.9 Å². The third kappa shape index (κ3) is 4.86. The molecular weight excluding hydrogens is 491 g/mol. The average Bonchev–Trinajstić information content (AvgIpc) is 3.41. The van der Waals surface area contributed by atoms with Crippen molar-refractivity contribution >= 4 is 15.7 Å². The van der Waals surface area contributed by atoms with Gasteiger partial charge in [0.1, 0.15) is 23.7 Å². The molecule has 11 heteroatoms. The van der Waals surface area contributed by atoms with E-state index in [0.717, 1.165) is 17.1 Å². The van der Waals surface area contributed by atoms with E-state index in [2.05, 4.69) is 15.1 Å². The molecule has 2 aliphatic heterocycles. The number of nitrogens with zero attached hydrogens (tertiary/aromatic N) is 5. The molecule has 0 amide bonds. The van der Waals surface area contributed by atoms with Crippen molar-refractivity contribution in [2.45, 2.75) is 56.0 Å². The molecule has 0 bridgehead atoms. The Morgan fingerprint density at radius 2 is 1.64 bits per heavy atom. The number of benzene rings is 2. The van der Waals surface area contributed by atoms with Gasteiger partial charge in [-0.05, 0) is 43.4 Å². The number of hydrogen-bond donors (Lipinski definition) is 0. The molecule has 2 saturated heterocycles. The molecule has 3 heterocycles. The molecule has 2 fully saturated rings. The molecule has 0 radical (unpaired) electrons. The predicted octanol–water partition coefficient (Wildman–Crippen LogP) is 4.56. The second-order valence-electron chi connectivity index (χ2n) is 9.37. The number of alkyl halides is 2. The van der Waals surface area contributed by atoms with Crippen LogP contribution in [-0.4, -0.2) is 53.0 Å². The summed E-state index contributed by atoms with van der Waals surface area (Å²) in [5, 5.41) is 6.77. The van der Waals surface area contributed by atoms with Crippen LogP contribution in [0, 0.1) is 5.82 Å². The molecule has 0 aliphatic carbocycles. The van der Waals surface area contributed by atoms with Crippen molar-refractivity contribution in [3.8, 4) is 0 Å². The van der Waals surface area contributed by atoms with Gasteiger partial charge in [-0.2, -0.15) is 4.31 Å². The first-order valence-electron chi connectivity index (χ1n) is 12.1. The van der Waals surface area contributed by atoms with Crippen LogP contribution in [0.1, 0.15) is 48.1 Å². The summed E-state index contributed by atoms with van der Waals surface area (Å²) >= 11 is 0. The van der Waals surface area contributed by atoms with Crippen LogP contribution in [0.3, 0.4) is 0 Å². The third-order valence-electron chi connectivity index (χ3n) is 7.29. The van der Waals surface area contributed by atoms with Crippen LogP contribution in [0.2, 0.25) is 0 Å². The van der Waals surface area contributed by atoms with Crippen LogP contribution in [0.5, 0.6) is 0 Å². The van der Waals surface area contributed by atoms with Crippen LogP contribution in [-0.2, 0) is 16.6 Å². The first kappa shape index (κ1) is 24.8. The third-order valence-corrected chi connectivity index (χ3v) is 9.57. The van der Waals surface area contributed by atoms with Gasteiger partial charge in [0.2, 0.25) is 10.0 Å². The molecule has 192 valence electrons. The van der Waals surface area contributed by atoms with Crippen molar-refractivity contribution in [1.82, 2.24) is 19.1 Å². The standard InChI is InChI=1S/C25H28F3N5O2S/c26-22-14-21(31-12-10-20(11-13-31)32-16-29-30-17-32)7-6-19(22)15-33-23(25(27)28)8-9-24(36(33,34)35)18-4-2-1-3-5-18/h1-7,14,16-17,20,23-25H,8-13,15H2/t23?,24-/m0/s1. The highest BCUT2D eigenvalue weighted by Gasteiger charge is 2.45. The van der Waals surface area contributed by atoms with Crippen molar-refractivity contribution in [1.29, 1.82) is 0 Å². The maximum atomic E-state index is 15.2. The van der Waals surface area contributed by atoms with Gasteiger partial charge in [0, 0.05) is 36.9 Å². The Hall–Kier alpha value is -2.92. The summed E-state index contributed by atoms with van der Waals surface area (Å²) in [5.41, 5.74) is 1.33. The minimum Gasteiger partial charge on any atom is -0.371 e. The van der Waals surface area contributed by atoms with E-state index < -0.39 is 40.1 Å². The van der Waals surface area contributed by atoms with Gasteiger partial charge in [-0.1, -0.05) is 36.4 Å². The molecular formula is C25H28F3N5O2S. The zero-order valence-electron chi connectivity index (χ0n) is 19.6. The fourth-order valence-corrected chi connectivity index (χ4v) is 7.44. The Morgan fingerprint density at radius 1 is 0.944 bits per heavy atom. The van der Waals surface area contributed by atoms with Gasteiger partial charge in [-0.25, -0.2) is 21.6 Å². The highest BCUT2D eigenvalue weighted by Crippen LogP contribution is 2.40. The molecule has 2 aliphatic rings. The van der Waals surface area contributed by atoms with E-state index in [-0.39, 0.29) is 24.4 Å². The molecule has 1 unspecified atom stereocenters. The first-order valence-corrected chi connectivity index (χ1v) is 13.6. The van der Waals surface area contributed by atoms with Gasteiger partial charge in [-0.3, -0.25) is 0 Å². The Bertz CT molecular complexity index is 1270. The number of hydrogen-bond acceptors (Lipinski definition) is 5. The molecule has 5 rings (SSSR count). The fourth-order valence-electron chi connectivity index (χ4n) is 5.28. The number of anilines is 1. The van der Waals surface area contributed by atoms with Gasteiger partial charge >= 0.3 is 0 Å². The van der Waals surface area contributed by atoms with Crippen molar-refractivity contribution in [3.05, 3.63) is 78.1 Å². The molecule has 0 saturated carbocycles. The second kappa shape index (κ2) is 10.2. The maximum absolute atomic E-state index is 15.2. The van der Waals surface area contributed by atoms with Gasteiger partial charge in [-0.15, -0.1) is 10.2 Å². The fraction of sp³-hybridized carbons (Fsp3) is 0.440. The summed E-state index contributed by atoms with van der Waals surface area (Å²) in [6.45, 7) is 1.01. The lowest BCUT2D eigenvalue weighted by Gasteiger charge is -2.39. The van der Waals surface area contributed by atoms with E-state index in [4.69, 9.17) is 0 Å². The first-order chi connectivity index (χ1) is 17.3. The normalized spacial score (nSPS) is 23.3. The van der Waals surface area contributed by atoms with E-state index >= 15 is 4.39 Å². The summed E-state index contributed by atoms with van der Waals surface area (Å²) in [7, 11) is -4.12. The van der Waals surface area contributed by atoms with Crippen LogP contribution >= 0.6 is 0 Å². The SMILES string of the molecule is O=S1(=O)[C@H](c2ccccc2)CCC(C(F)F)N1Cc1ccc(N2CCC(n3cnnc3)CC2)cc1F. The lowest BCUT2D eigenvalue weighted by Crippen LogP contribution is -2.49. The van der Waals surface area contributed by atoms with Gasteiger partial charge in [0.15, 0.2) is 0 Å². The number of aromatic nitrogens is 3. The van der Waals surface area contributed by atoms with Crippen LogP contribution in [0.25, 0.3) is 0 Å². The molecule has 2 aromatic carbocycles. The number of piperidine rings is 1. The van der Waals surface area contributed by atoms with Crippen molar-refractivity contribution in [2.24, 2.45) is 0 Å². The minimum atomic E-state index is -4.12. The Labute approximate surface area is 208 Å². The van der Waals surface area contributed by atoms with Gasteiger partial charge < -0.3 is 9.47 Å². The molecule has 1 aromatic heterocycles. The second-order valence-corrected chi connectivity index (χ2v) is 11.4. The Kier molecular flexibility index (Phi) is 7.03. The number of halogens is 3. The maximum Gasteiger partial charge on any atom is 0.255 e. The quantitative estimate of drug-likeness (QED) is 0.478. The van der Waals surface area contributed by atoms with Crippen molar-refractivity contribution in [2.75, 3.05) is 18.0 Å². The highest BCUT2D eigenvalue weighted by atomic mass is 32.2. The van der Waals surface area contributed by atoms with E-state index in [1.54, 1.807) is 49.1 Å². The van der Waals surface area contributed by atoms with E-state index in [1.807, 2.05) is 4.57 Å². The van der Waals surface area contributed by atoms with Crippen molar-refractivity contribution < 1.29 is 21.6 Å². The van der Waals surface area contributed by atoms with Crippen molar-refractivity contribution in [3.63, 3.8) is 0 Å². The topological polar surface area (TPSA) is 71.3 Å². The average molecular weight is 520 g/mol. The largest absolute Gasteiger partial charge is 0.371 e.